The Morgan fingerprint density at radius 3 is 3.13 bits per heavy atom. The largest absolute Gasteiger partial charge is 0.380 e. The highest BCUT2D eigenvalue weighted by Gasteiger charge is 1.97. The Bertz CT molecular complexity index is 324. The van der Waals surface area contributed by atoms with Crippen molar-refractivity contribution in [3.05, 3.63) is 22.7 Å². The van der Waals surface area contributed by atoms with Crippen LogP contribution in [0, 0.1) is 0 Å². The number of rotatable bonds is 7. The molecule has 15 heavy (non-hydrogen) atoms. The van der Waals surface area contributed by atoms with Gasteiger partial charge in [0.1, 0.15) is 0 Å². The fourth-order valence-electron chi connectivity index (χ4n) is 1.07. The minimum Gasteiger partial charge on any atom is -0.380 e. The van der Waals surface area contributed by atoms with Crippen LogP contribution in [-0.2, 0) is 4.74 Å². The molecule has 0 spiro atoms. The maximum atomic E-state index is 11.2. The van der Waals surface area contributed by atoms with E-state index < -0.39 is 0 Å². The third-order valence-corrected chi connectivity index (χ3v) is 1.89. The third-order valence-electron chi connectivity index (χ3n) is 1.89. The van der Waals surface area contributed by atoms with Crippen molar-refractivity contribution in [2.45, 2.75) is 19.8 Å². The van der Waals surface area contributed by atoms with Crippen molar-refractivity contribution < 1.29 is 4.74 Å². The van der Waals surface area contributed by atoms with E-state index in [-0.39, 0.29) is 5.56 Å². The minimum atomic E-state index is -0.203. The number of nitrogens with zero attached hydrogens (tertiary/aromatic N) is 1. The number of ether oxygens (including phenoxy) is 1. The fourth-order valence-corrected chi connectivity index (χ4v) is 1.07. The van der Waals surface area contributed by atoms with Gasteiger partial charge in [0.15, 0.2) is 5.82 Å². The zero-order valence-electron chi connectivity index (χ0n) is 8.95. The van der Waals surface area contributed by atoms with E-state index in [9.17, 15) is 4.79 Å². The summed E-state index contributed by atoms with van der Waals surface area (Å²) in [5.74, 6) is 0.344. The van der Waals surface area contributed by atoms with E-state index in [4.69, 9.17) is 4.74 Å². The maximum Gasteiger partial charge on any atom is 0.290 e. The SMILES string of the molecule is CCCCOCCNc1ncc[nH]c1=O. The molecule has 0 fully saturated rings. The van der Waals surface area contributed by atoms with Crippen molar-refractivity contribution in [3.63, 3.8) is 0 Å². The van der Waals surface area contributed by atoms with Crippen molar-refractivity contribution in [1.29, 1.82) is 0 Å². The van der Waals surface area contributed by atoms with Gasteiger partial charge in [-0.05, 0) is 6.42 Å². The number of hydrogen-bond donors (Lipinski definition) is 2. The molecule has 0 radical (unpaired) electrons. The van der Waals surface area contributed by atoms with Gasteiger partial charge in [0.2, 0.25) is 0 Å². The summed E-state index contributed by atoms with van der Waals surface area (Å²) in [4.78, 5) is 17.6. The maximum absolute atomic E-state index is 11.2. The van der Waals surface area contributed by atoms with Gasteiger partial charge < -0.3 is 15.0 Å². The number of anilines is 1. The Morgan fingerprint density at radius 2 is 2.40 bits per heavy atom. The molecule has 0 bridgehead atoms. The monoisotopic (exact) mass is 211 g/mol. The van der Waals surface area contributed by atoms with Crippen LogP contribution in [0.25, 0.3) is 0 Å². The molecule has 0 aromatic carbocycles. The van der Waals surface area contributed by atoms with Gasteiger partial charge in [-0.25, -0.2) is 4.98 Å². The first-order chi connectivity index (χ1) is 7.34. The number of aromatic amines is 1. The highest BCUT2D eigenvalue weighted by atomic mass is 16.5. The summed E-state index contributed by atoms with van der Waals surface area (Å²) in [5.41, 5.74) is -0.203. The summed E-state index contributed by atoms with van der Waals surface area (Å²) in [6.07, 6.45) is 5.25. The normalized spacial score (nSPS) is 10.2. The Labute approximate surface area is 88.9 Å². The summed E-state index contributed by atoms with van der Waals surface area (Å²) in [7, 11) is 0. The van der Waals surface area contributed by atoms with Crippen LogP contribution in [0.5, 0.6) is 0 Å². The summed E-state index contributed by atoms with van der Waals surface area (Å²) in [6.45, 7) is 4.09. The van der Waals surface area contributed by atoms with Crippen LogP contribution in [0.2, 0.25) is 0 Å². The highest BCUT2D eigenvalue weighted by molar-refractivity contribution is 5.29. The first-order valence-electron chi connectivity index (χ1n) is 5.20. The summed E-state index contributed by atoms with van der Waals surface area (Å²) in [6, 6.07) is 0. The smallest absolute Gasteiger partial charge is 0.290 e. The van der Waals surface area contributed by atoms with Gasteiger partial charge >= 0.3 is 0 Å². The lowest BCUT2D eigenvalue weighted by atomic mass is 10.4. The summed E-state index contributed by atoms with van der Waals surface area (Å²) < 4.78 is 5.33. The van der Waals surface area contributed by atoms with Crippen LogP contribution in [0.1, 0.15) is 19.8 Å². The fraction of sp³-hybridized carbons (Fsp3) is 0.600. The second-order valence-corrected chi connectivity index (χ2v) is 3.16. The van der Waals surface area contributed by atoms with E-state index in [0.717, 1.165) is 19.4 Å². The van der Waals surface area contributed by atoms with Crippen LogP contribution < -0.4 is 10.9 Å². The van der Waals surface area contributed by atoms with Gasteiger partial charge in [-0.15, -0.1) is 0 Å². The highest BCUT2D eigenvalue weighted by Crippen LogP contribution is 1.90. The quantitative estimate of drug-likeness (QED) is 0.660. The first-order valence-corrected chi connectivity index (χ1v) is 5.20. The third kappa shape index (κ3) is 4.60. The second-order valence-electron chi connectivity index (χ2n) is 3.16. The molecule has 0 amide bonds. The molecule has 0 unspecified atom stereocenters. The molecule has 1 aromatic rings. The second kappa shape index (κ2) is 7.00. The number of hydrogen-bond acceptors (Lipinski definition) is 4. The lowest BCUT2D eigenvalue weighted by molar-refractivity contribution is 0.141. The van der Waals surface area contributed by atoms with Gasteiger partial charge in [-0.3, -0.25) is 4.79 Å². The molecule has 0 aliphatic carbocycles. The Morgan fingerprint density at radius 1 is 1.53 bits per heavy atom. The Hall–Kier alpha value is -1.36. The molecule has 5 heteroatoms. The molecule has 0 saturated carbocycles. The van der Waals surface area contributed by atoms with E-state index in [1.54, 1.807) is 6.20 Å². The van der Waals surface area contributed by atoms with Gasteiger partial charge in [0.05, 0.1) is 6.61 Å². The lowest BCUT2D eigenvalue weighted by Crippen LogP contribution is -2.18. The minimum absolute atomic E-state index is 0.203. The van der Waals surface area contributed by atoms with Gasteiger partial charge in [-0.1, -0.05) is 13.3 Å². The molecule has 2 N–H and O–H groups in total. The summed E-state index contributed by atoms with van der Waals surface area (Å²) >= 11 is 0. The zero-order valence-corrected chi connectivity index (χ0v) is 8.95. The predicted molar refractivity (Wildman–Crippen MR) is 59.1 cm³/mol. The van der Waals surface area contributed by atoms with Crippen molar-refractivity contribution >= 4 is 5.82 Å². The van der Waals surface area contributed by atoms with Crippen LogP contribution in [0.4, 0.5) is 5.82 Å². The van der Waals surface area contributed by atoms with Crippen LogP contribution in [0.15, 0.2) is 17.2 Å². The number of H-pyrrole nitrogens is 1. The van der Waals surface area contributed by atoms with Crippen molar-refractivity contribution in [2.24, 2.45) is 0 Å². The number of aromatic nitrogens is 2. The average molecular weight is 211 g/mol. The molecule has 0 atom stereocenters. The Kier molecular flexibility index (Phi) is 5.47. The lowest BCUT2D eigenvalue weighted by Gasteiger charge is -2.04. The van der Waals surface area contributed by atoms with Crippen LogP contribution in [0.3, 0.4) is 0 Å². The van der Waals surface area contributed by atoms with Crippen LogP contribution in [-0.4, -0.2) is 29.7 Å². The molecule has 0 saturated heterocycles. The van der Waals surface area contributed by atoms with Gasteiger partial charge in [0.25, 0.3) is 5.56 Å². The molecular weight excluding hydrogens is 194 g/mol. The topological polar surface area (TPSA) is 67.0 Å². The number of unbranched alkanes of at least 4 members (excludes halogenated alkanes) is 1. The van der Waals surface area contributed by atoms with Crippen LogP contribution >= 0.6 is 0 Å². The van der Waals surface area contributed by atoms with E-state index in [0.29, 0.717) is 19.0 Å². The molecule has 84 valence electrons. The first kappa shape index (κ1) is 11.7. The molecule has 5 nitrogen and oxygen atoms in total. The van der Waals surface area contributed by atoms with Crippen molar-refractivity contribution in [2.75, 3.05) is 25.1 Å². The van der Waals surface area contributed by atoms with Gasteiger partial charge in [0, 0.05) is 25.5 Å². The van der Waals surface area contributed by atoms with Gasteiger partial charge in [-0.2, -0.15) is 0 Å². The molecule has 1 heterocycles. The van der Waals surface area contributed by atoms with E-state index in [1.165, 1.54) is 6.20 Å². The van der Waals surface area contributed by atoms with E-state index in [1.807, 2.05) is 0 Å². The van der Waals surface area contributed by atoms with Crippen molar-refractivity contribution in [3.8, 4) is 0 Å². The Balaban J connectivity index is 2.15. The predicted octanol–water partition coefficient (Wildman–Crippen LogP) is 0.998. The van der Waals surface area contributed by atoms with E-state index in [2.05, 4.69) is 22.2 Å². The van der Waals surface area contributed by atoms with Crippen molar-refractivity contribution in [1.82, 2.24) is 9.97 Å². The standard InChI is InChI=1S/C10H17N3O2/c1-2-3-7-15-8-6-12-9-10(14)13-5-4-11-9/h4-5H,2-3,6-8H2,1H3,(H,11,12)(H,13,14). The summed E-state index contributed by atoms with van der Waals surface area (Å²) in [5, 5.41) is 2.91. The molecule has 1 rings (SSSR count). The van der Waals surface area contributed by atoms with E-state index >= 15 is 0 Å². The zero-order chi connectivity index (χ0) is 10.9. The number of nitrogens with one attached hydrogen (secondary N) is 2. The molecule has 1 aromatic heterocycles. The molecule has 0 aliphatic heterocycles. The average Bonchev–Trinajstić information content (AvgIpc) is 2.25. The molecule has 0 aliphatic rings. The molecular formula is C10H17N3O2.